The van der Waals surface area contributed by atoms with E-state index >= 15 is 0 Å². The van der Waals surface area contributed by atoms with E-state index in [1.54, 1.807) is 41.5 Å². The highest BCUT2D eigenvalue weighted by Crippen LogP contribution is 2.35. The molecule has 9 nitrogen and oxygen atoms in total. The summed E-state index contributed by atoms with van der Waals surface area (Å²) in [5.74, 6) is -1.02. The Morgan fingerprint density at radius 2 is 1.79 bits per heavy atom. The van der Waals surface area contributed by atoms with Gasteiger partial charge in [-0.15, -0.1) is 0 Å². The van der Waals surface area contributed by atoms with Gasteiger partial charge >= 0.3 is 10.1 Å². The average Bonchev–Trinajstić information content (AvgIpc) is 2.99. The quantitative estimate of drug-likeness (QED) is 0.219. The molecule has 0 atom stereocenters. The van der Waals surface area contributed by atoms with E-state index in [0.29, 0.717) is 28.9 Å². The molecule has 0 fully saturated rings. The summed E-state index contributed by atoms with van der Waals surface area (Å²) in [6.45, 7) is 14.3. The third kappa shape index (κ3) is 5.50. The molecule has 2 aromatic rings. The van der Waals surface area contributed by atoms with Crippen LogP contribution in [0.25, 0.3) is 5.57 Å². The van der Waals surface area contributed by atoms with E-state index in [1.807, 2.05) is 13.8 Å². The number of allylic oxidation sites excluding steroid dienone is 2. The number of aryl methyl sites for hydroxylation is 2. The minimum Gasteiger partial charge on any atom is -0.361 e. The molecule has 0 radical (unpaired) electrons. The Kier molecular flexibility index (Phi) is 7.84. The van der Waals surface area contributed by atoms with Gasteiger partial charge in [0.25, 0.3) is 5.69 Å². The molecule has 0 aliphatic rings. The van der Waals surface area contributed by atoms with Crippen LogP contribution in [0.2, 0.25) is 0 Å². The maximum atomic E-state index is 13.7. The number of rotatable bonds is 9. The Morgan fingerprint density at radius 3 is 2.27 bits per heavy atom. The molecular formula is C23H31N3O6S. The van der Waals surface area contributed by atoms with Crippen LogP contribution in [0, 0.1) is 29.9 Å². The van der Waals surface area contributed by atoms with Gasteiger partial charge in [0.2, 0.25) is 11.7 Å². The number of nitro benzene ring substituents is 1. The fraction of sp³-hybridized carbons (Fsp3) is 0.478. The van der Waals surface area contributed by atoms with E-state index in [-0.39, 0.29) is 34.4 Å². The smallest absolute Gasteiger partial charge is 0.310 e. The van der Waals surface area contributed by atoms with Gasteiger partial charge < -0.3 is 4.18 Å². The van der Waals surface area contributed by atoms with Gasteiger partial charge in [0.05, 0.1) is 21.9 Å². The minimum absolute atomic E-state index is 0.0296. The predicted molar refractivity (Wildman–Crippen MR) is 127 cm³/mol. The first-order chi connectivity index (χ1) is 15.2. The highest BCUT2D eigenvalue weighted by Gasteiger charge is 2.31. The normalized spacial score (nSPS) is 11.5. The highest BCUT2D eigenvalue weighted by molar-refractivity contribution is 7.87. The molecule has 1 aromatic heterocycles. The number of benzene rings is 1. The molecule has 0 spiro atoms. The van der Waals surface area contributed by atoms with E-state index in [2.05, 4.69) is 5.10 Å². The van der Waals surface area contributed by atoms with Crippen LogP contribution in [-0.4, -0.2) is 34.7 Å². The molecule has 0 saturated heterocycles. The maximum Gasteiger partial charge on any atom is 0.310 e. The highest BCUT2D eigenvalue weighted by atomic mass is 32.2. The summed E-state index contributed by atoms with van der Waals surface area (Å²) < 4.78 is 31.8. The second kappa shape index (κ2) is 9.86. The molecule has 1 aromatic carbocycles. The zero-order valence-corrected chi connectivity index (χ0v) is 21.2. The van der Waals surface area contributed by atoms with Crippen molar-refractivity contribution >= 4 is 27.2 Å². The summed E-state index contributed by atoms with van der Waals surface area (Å²) >= 11 is 0. The molecule has 0 saturated carbocycles. The van der Waals surface area contributed by atoms with Crippen LogP contribution in [0.5, 0.6) is 5.88 Å². The molecule has 0 bridgehead atoms. The van der Waals surface area contributed by atoms with Gasteiger partial charge in [0.15, 0.2) is 0 Å². The van der Waals surface area contributed by atoms with Crippen molar-refractivity contribution in [2.45, 2.75) is 61.9 Å². The standard InChI is InChI=1S/C23H31N3O6S/c1-9-25-23(32-33(30,31)12-13(2)3)21(17(8)24-25)22(27)18-10-11-19(26(28)29)20(16(18)7)15(6)14(4)5/h10-11,13H,9,12H2,1-8H3. The largest absolute Gasteiger partial charge is 0.361 e. The Labute approximate surface area is 194 Å². The first-order valence-electron chi connectivity index (χ1n) is 10.7. The zero-order chi connectivity index (χ0) is 25.2. The number of nitro groups is 1. The lowest BCUT2D eigenvalue weighted by Crippen LogP contribution is -2.21. The predicted octanol–water partition coefficient (Wildman–Crippen LogP) is 4.84. The van der Waals surface area contributed by atoms with Crippen LogP contribution >= 0.6 is 0 Å². The van der Waals surface area contributed by atoms with E-state index < -0.39 is 20.8 Å². The fourth-order valence-corrected chi connectivity index (χ4v) is 4.93. The number of carbonyl (C=O) groups excluding carboxylic acids is 1. The molecule has 180 valence electrons. The summed E-state index contributed by atoms with van der Waals surface area (Å²) in [6.07, 6.45) is 0. The van der Waals surface area contributed by atoms with Gasteiger partial charge in [-0.1, -0.05) is 19.4 Å². The third-order valence-corrected chi connectivity index (χ3v) is 6.85. The number of nitrogens with zero attached hydrogens (tertiary/aromatic N) is 3. The summed E-state index contributed by atoms with van der Waals surface area (Å²) in [6, 6.07) is 2.70. The zero-order valence-electron chi connectivity index (χ0n) is 20.3. The molecule has 0 amide bonds. The summed E-state index contributed by atoms with van der Waals surface area (Å²) in [5.41, 5.74) is 2.86. The lowest BCUT2D eigenvalue weighted by Gasteiger charge is -2.14. The first kappa shape index (κ1) is 26.2. The summed E-state index contributed by atoms with van der Waals surface area (Å²) in [5, 5.41) is 15.9. The van der Waals surface area contributed by atoms with Gasteiger partial charge in [-0.2, -0.15) is 13.5 Å². The van der Waals surface area contributed by atoms with Crippen molar-refractivity contribution in [2.24, 2.45) is 5.92 Å². The second-order valence-electron chi connectivity index (χ2n) is 8.63. The van der Waals surface area contributed by atoms with E-state index in [4.69, 9.17) is 4.18 Å². The third-order valence-electron chi connectivity index (χ3n) is 5.36. The number of hydrogen-bond acceptors (Lipinski definition) is 7. The van der Waals surface area contributed by atoms with Crippen LogP contribution in [0.15, 0.2) is 17.7 Å². The summed E-state index contributed by atoms with van der Waals surface area (Å²) in [4.78, 5) is 24.8. The molecule has 1 heterocycles. The molecule has 0 N–H and O–H groups in total. The average molecular weight is 478 g/mol. The maximum absolute atomic E-state index is 13.7. The molecule has 0 aliphatic carbocycles. The first-order valence-corrected chi connectivity index (χ1v) is 12.3. The van der Waals surface area contributed by atoms with E-state index in [1.165, 1.54) is 16.8 Å². The Bertz CT molecular complexity index is 1240. The molecule has 0 unspecified atom stereocenters. The van der Waals surface area contributed by atoms with E-state index in [9.17, 15) is 23.3 Å². The lowest BCUT2D eigenvalue weighted by atomic mass is 9.90. The molecule has 2 rings (SSSR count). The SMILES string of the molecule is CCn1nc(C)c(C(=O)c2ccc([N+](=O)[O-])c(C(C)=C(C)C)c2C)c1OS(=O)(=O)CC(C)C. The van der Waals surface area contributed by atoms with Crippen molar-refractivity contribution in [3.05, 3.63) is 55.8 Å². The molecule has 0 aliphatic heterocycles. The molecule has 33 heavy (non-hydrogen) atoms. The van der Waals surface area contributed by atoms with Crippen LogP contribution in [0.1, 0.15) is 74.3 Å². The Morgan fingerprint density at radius 1 is 1.18 bits per heavy atom. The fourth-order valence-electron chi connectivity index (χ4n) is 3.64. The lowest BCUT2D eigenvalue weighted by molar-refractivity contribution is -0.385. The number of aromatic nitrogens is 2. The molecule has 10 heteroatoms. The van der Waals surface area contributed by atoms with Crippen molar-refractivity contribution in [3.63, 3.8) is 0 Å². The monoisotopic (exact) mass is 477 g/mol. The van der Waals surface area contributed by atoms with Gasteiger partial charge in [-0.05, 0) is 64.7 Å². The van der Waals surface area contributed by atoms with Crippen LogP contribution < -0.4 is 4.18 Å². The van der Waals surface area contributed by atoms with Crippen molar-refractivity contribution < 1.29 is 22.3 Å². The second-order valence-corrected chi connectivity index (χ2v) is 10.2. The number of hydrogen-bond donors (Lipinski definition) is 0. The van der Waals surface area contributed by atoms with Crippen molar-refractivity contribution in [2.75, 3.05) is 5.75 Å². The van der Waals surface area contributed by atoms with Gasteiger partial charge in [-0.25, -0.2) is 4.68 Å². The minimum atomic E-state index is -3.96. The van der Waals surface area contributed by atoms with Crippen LogP contribution in [0.3, 0.4) is 0 Å². The summed E-state index contributed by atoms with van der Waals surface area (Å²) in [7, 11) is -3.96. The van der Waals surface area contributed by atoms with E-state index in [0.717, 1.165) is 5.57 Å². The van der Waals surface area contributed by atoms with Crippen molar-refractivity contribution in [1.29, 1.82) is 0 Å². The Hall–Kier alpha value is -3.01. The van der Waals surface area contributed by atoms with Crippen molar-refractivity contribution in [1.82, 2.24) is 9.78 Å². The van der Waals surface area contributed by atoms with Crippen LogP contribution in [-0.2, 0) is 16.7 Å². The van der Waals surface area contributed by atoms with Gasteiger partial charge in [0, 0.05) is 18.2 Å². The van der Waals surface area contributed by atoms with Gasteiger partial charge in [0.1, 0.15) is 5.56 Å². The molecular weight excluding hydrogens is 446 g/mol. The number of carbonyl (C=O) groups is 1. The topological polar surface area (TPSA) is 121 Å². The number of ketones is 1. The van der Waals surface area contributed by atoms with Crippen LogP contribution in [0.4, 0.5) is 5.69 Å². The Balaban J connectivity index is 2.75. The van der Waals surface area contributed by atoms with Crippen molar-refractivity contribution in [3.8, 4) is 5.88 Å². The van der Waals surface area contributed by atoms with Gasteiger partial charge in [-0.3, -0.25) is 14.9 Å².